The first-order valence-electron chi connectivity index (χ1n) is 2.68. The summed E-state index contributed by atoms with van der Waals surface area (Å²) in [5.74, 6) is 0.391. The number of rotatable bonds is 0. The molecule has 1 aromatic rings. The van der Waals surface area contributed by atoms with Crippen molar-refractivity contribution >= 4 is 5.88 Å². The lowest BCUT2D eigenvalue weighted by Crippen LogP contribution is -1.86. The van der Waals surface area contributed by atoms with Crippen LogP contribution in [0.4, 0.5) is 5.88 Å². The predicted molar refractivity (Wildman–Crippen MR) is 29.4 cm³/mol. The van der Waals surface area contributed by atoms with Crippen molar-refractivity contribution in [3.05, 3.63) is 11.3 Å². The molecule has 0 spiro atoms. The van der Waals surface area contributed by atoms with Crippen LogP contribution in [0.3, 0.4) is 0 Å². The van der Waals surface area contributed by atoms with E-state index >= 15 is 0 Å². The zero-order valence-electron chi connectivity index (χ0n) is 4.76. The Labute approximate surface area is 51.6 Å². The summed E-state index contributed by atoms with van der Waals surface area (Å²) in [6.45, 7) is 1.08. The summed E-state index contributed by atoms with van der Waals surface area (Å²) in [7, 11) is 0. The number of nitrogens with two attached hydrogens (primary N) is 1. The summed E-state index contributed by atoms with van der Waals surface area (Å²) >= 11 is 0. The van der Waals surface area contributed by atoms with Crippen LogP contribution in [0.2, 0.25) is 0 Å². The Bertz CT molecular complexity index is 231. The molecule has 1 aromatic heterocycles. The number of hydrogen-bond donors (Lipinski definition) is 1. The molecule has 4 heteroatoms. The van der Waals surface area contributed by atoms with Gasteiger partial charge in [-0.3, -0.25) is 0 Å². The predicted octanol–water partition coefficient (Wildman–Crippen LogP) is 0.287. The first-order valence-corrected chi connectivity index (χ1v) is 2.68. The summed E-state index contributed by atoms with van der Waals surface area (Å²) < 4.78 is 9.72. The number of ether oxygens (including phenoxy) is 1. The highest BCUT2D eigenvalue weighted by Crippen LogP contribution is 2.23. The summed E-state index contributed by atoms with van der Waals surface area (Å²) in [6.07, 6.45) is 0. The second-order valence-corrected chi connectivity index (χ2v) is 1.96. The molecule has 48 valence electrons. The number of aromatic nitrogens is 1. The van der Waals surface area contributed by atoms with Crippen LogP contribution in [-0.2, 0) is 18.0 Å². The maximum absolute atomic E-state index is 5.38. The minimum absolute atomic E-state index is 0.391. The maximum Gasteiger partial charge on any atom is 0.228 e. The van der Waals surface area contributed by atoms with Crippen molar-refractivity contribution < 1.29 is 9.26 Å². The first kappa shape index (κ1) is 4.81. The Hall–Kier alpha value is -1.03. The van der Waals surface area contributed by atoms with Crippen molar-refractivity contribution in [2.24, 2.45) is 0 Å². The summed E-state index contributed by atoms with van der Waals surface area (Å²) in [5.41, 5.74) is 7.14. The smallest absolute Gasteiger partial charge is 0.228 e. The van der Waals surface area contributed by atoms with E-state index in [9.17, 15) is 0 Å². The molecular formula is C5H6N2O2. The third kappa shape index (κ3) is 0.533. The molecule has 0 saturated carbocycles. The molecule has 2 heterocycles. The van der Waals surface area contributed by atoms with Gasteiger partial charge >= 0.3 is 0 Å². The fourth-order valence-electron chi connectivity index (χ4n) is 0.874. The van der Waals surface area contributed by atoms with Crippen molar-refractivity contribution in [2.45, 2.75) is 13.2 Å². The standard InChI is InChI=1S/C5H6N2O2/c6-5-3-1-8-2-4(3)7-9-5/h1-2,6H2. The van der Waals surface area contributed by atoms with Crippen LogP contribution in [0.25, 0.3) is 0 Å². The lowest BCUT2D eigenvalue weighted by atomic mass is 10.3. The summed E-state index contributed by atoms with van der Waals surface area (Å²) in [6, 6.07) is 0. The average molecular weight is 126 g/mol. The van der Waals surface area contributed by atoms with Crippen LogP contribution < -0.4 is 5.73 Å². The minimum atomic E-state index is 0.391. The number of anilines is 1. The molecule has 9 heavy (non-hydrogen) atoms. The fraction of sp³-hybridized carbons (Fsp3) is 0.400. The molecule has 0 fully saturated rings. The Kier molecular flexibility index (Phi) is 0.790. The molecule has 0 aromatic carbocycles. The Morgan fingerprint density at radius 3 is 3.11 bits per heavy atom. The molecule has 0 aliphatic carbocycles. The van der Waals surface area contributed by atoms with Crippen LogP contribution >= 0.6 is 0 Å². The van der Waals surface area contributed by atoms with Crippen LogP contribution in [0.1, 0.15) is 11.3 Å². The third-order valence-corrected chi connectivity index (χ3v) is 1.39. The van der Waals surface area contributed by atoms with Gasteiger partial charge in [0, 0.05) is 0 Å². The van der Waals surface area contributed by atoms with E-state index < -0.39 is 0 Å². The highest BCUT2D eigenvalue weighted by atomic mass is 16.5. The molecule has 0 amide bonds. The number of hydrogen-bond acceptors (Lipinski definition) is 4. The Morgan fingerprint density at radius 2 is 2.33 bits per heavy atom. The zero-order chi connectivity index (χ0) is 6.27. The Balaban J connectivity index is 2.56. The SMILES string of the molecule is Nc1onc2c1COC2. The highest BCUT2D eigenvalue weighted by molar-refractivity contribution is 5.39. The molecule has 0 bridgehead atoms. The van der Waals surface area contributed by atoms with Gasteiger partial charge in [0.25, 0.3) is 0 Å². The highest BCUT2D eigenvalue weighted by Gasteiger charge is 2.19. The minimum Gasteiger partial charge on any atom is -0.370 e. The quantitative estimate of drug-likeness (QED) is 0.542. The molecule has 4 nitrogen and oxygen atoms in total. The van der Waals surface area contributed by atoms with Gasteiger partial charge in [-0.2, -0.15) is 0 Å². The molecular weight excluding hydrogens is 120 g/mol. The molecule has 2 N–H and O–H groups in total. The molecule has 0 radical (unpaired) electrons. The topological polar surface area (TPSA) is 61.3 Å². The van der Waals surface area contributed by atoms with Crippen LogP contribution in [0.15, 0.2) is 4.52 Å². The lowest BCUT2D eigenvalue weighted by molar-refractivity contribution is 0.127. The van der Waals surface area contributed by atoms with E-state index in [0.29, 0.717) is 19.1 Å². The van der Waals surface area contributed by atoms with Gasteiger partial charge in [-0.05, 0) is 0 Å². The normalized spacial score (nSPS) is 16.0. The molecule has 1 aliphatic heterocycles. The van der Waals surface area contributed by atoms with E-state index in [1.807, 2.05) is 0 Å². The van der Waals surface area contributed by atoms with Crippen molar-refractivity contribution in [3.8, 4) is 0 Å². The third-order valence-electron chi connectivity index (χ3n) is 1.39. The van der Waals surface area contributed by atoms with Crippen molar-refractivity contribution in [1.82, 2.24) is 5.16 Å². The van der Waals surface area contributed by atoms with E-state index in [-0.39, 0.29) is 0 Å². The number of nitrogen functional groups attached to an aromatic ring is 1. The van der Waals surface area contributed by atoms with Crippen LogP contribution in [0, 0.1) is 0 Å². The van der Waals surface area contributed by atoms with E-state index in [2.05, 4.69) is 9.68 Å². The number of nitrogens with zero attached hydrogens (tertiary/aromatic N) is 1. The molecule has 0 unspecified atom stereocenters. The summed E-state index contributed by atoms with van der Waals surface area (Å²) in [5, 5.41) is 3.67. The lowest BCUT2D eigenvalue weighted by Gasteiger charge is -1.85. The second-order valence-electron chi connectivity index (χ2n) is 1.96. The average Bonchev–Trinajstić information content (AvgIpc) is 2.35. The van der Waals surface area contributed by atoms with Gasteiger partial charge in [-0.25, -0.2) is 0 Å². The second kappa shape index (κ2) is 1.48. The van der Waals surface area contributed by atoms with E-state index in [1.165, 1.54) is 0 Å². The van der Waals surface area contributed by atoms with Crippen LogP contribution in [-0.4, -0.2) is 5.16 Å². The largest absolute Gasteiger partial charge is 0.370 e. The monoisotopic (exact) mass is 126 g/mol. The molecule has 1 aliphatic rings. The van der Waals surface area contributed by atoms with Gasteiger partial charge in [-0.15, -0.1) is 0 Å². The Morgan fingerprint density at radius 1 is 1.44 bits per heavy atom. The summed E-state index contributed by atoms with van der Waals surface area (Å²) in [4.78, 5) is 0. The van der Waals surface area contributed by atoms with Crippen molar-refractivity contribution in [3.63, 3.8) is 0 Å². The van der Waals surface area contributed by atoms with Crippen LogP contribution in [0.5, 0.6) is 0 Å². The molecule has 0 saturated heterocycles. The van der Waals surface area contributed by atoms with Crippen molar-refractivity contribution in [1.29, 1.82) is 0 Å². The van der Waals surface area contributed by atoms with Gasteiger partial charge < -0.3 is 15.0 Å². The number of fused-ring (bicyclic) bond motifs is 1. The van der Waals surface area contributed by atoms with E-state index in [0.717, 1.165) is 11.3 Å². The van der Waals surface area contributed by atoms with Gasteiger partial charge in [-0.1, -0.05) is 5.16 Å². The fourth-order valence-corrected chi connectivity index (χ4v) is 0.874. The van der Waals surface area contributed by atoms with Gasteiger partial charge in [0.15, 0.2) is 0 Å². The van der Waals surface area contributed by atoms with E-state index in [1.54, 1.807) is 0 Å². The molecule has 2 rings (SSSR count). The van der Waals surface area contributed by atoms with Gasteiger partial charge in [0.1, 0.15) is 5.69 Å². The van der Waals surface area contributed by atoms with Crippen molar-refractivity contribution in [2.75, 3.05) is 5.73 Å². The van der Waals surface area contributed by atoms with Gasteiger partial charge in [0.05, 0.1) is 18.8 Å². The zero-order valence-corrected chi connectivity index (χ0v) is 4.76. The van der Waals surface area contributed by atoms with Gasteiger partial charge in [0.2, 0.25) is 5.88 Å². The maximum atomic E-state index is 5.38. The first-order chi connectivity index (χ1) is 4.38. The van der Waals surface area contributed by atoms with E-state index in [4.69, 9.17) is 10.5 Å². The molecule has 0 atom stereocenters.